The van der Waals surface area contributed by atoms with Gasteiger partial charge in [-0.1, -0.05) is 4.66 Å². The molecule has 0 aliphatic rings. The van der Waals surface area contributed by atoms with Crippen molar-refractivity contribution in [1.82, 2.24) is 4.98 Å². The Bertz CT molecular complexity index is 462. The third-order valence-electron chi connectivity index (χ3n) is 1.22. The van der Waals surface area contributed by atoms with E-state index in [9.17, 15) is 9.59 Å². The molecule has 1 aromatic rings. The molecule has 1 heterocycles. The van der Waals surface area contributed by atoms with Gasteiger partial charge in [-0.25, -0.2) is 4.79 Å². The molecule has 0 aliphatic heterocycles. The molecule has 1 rings (SSSR count). The van der Waals surface area contributed by atoms with Gasteiger partial charge in [0.1, 0.15) is 0 Å². The van der Waals surface area contributed by atoms with E-state index in [0.717, 1.165) is 17.4 Å². The van der Waals surface area contributed by atoms with E-state index in [2.05, 4.69) is 9.72 Å². The summed E-state index contributed by atoms with van der Waals surface area (Å²) in [6.07, 6.45) is 1.13. The van der Waals surface area contributed by atoms with E-state index in [1.165, 1.54) is 0 Å². The molecule has 0 atom stereocenters. The second-order valence-corrected chi connectivity index (χ2v) is 3.26. The van der Waals surface area contributed by atoms with E-state index in [1.807, 2.05) is 0 Å². The summed E-state index contributed by atoms with van der Waals surface area (Å²) >= 11 is 1.02. The fourth-order valence-corrected chi connectivity index (χ4v) is 1.43. The van der Waals surface area contributed by atoms with E-state index in [0.29, 0.717) is 0 Å². The number of nitrogens with one attached hydrogen (secondary N) is 1. The van der Waals surface area contributed by atoms with Crippen LogP contribution in [0.1, 0.15) is 6.92 Å². The summed E-state index contributed by atoms with van der Waals surface area (Å²) in [7, 11) is 0. The number of thiazole rings is 1. The van der Waals surface area contributed by atoms with Crippen LogP contribution in [0.5, 0.6) is 0 Å². The average Bonchev–Trinajstić information content (AvgIpc) is 2.30. The Kier molecular flexibility index (Phi) is 5.65. The van der Waals surface area contributed by atoms with Gasteiger partial charge in [-0.3, -0.25) is 4.79 Å². The van der Waals surface area contributed by atoms with Gasteiger partial charge in [0.15, 0.2) is 0 Å². The average molecular weight is 382 g/mol. The van der Waals surface area contributed by atoms with Crippen LogP contribution in [0, 0.1) is 0 Å². The van der Waals surface area contributed by atoms with Crippen molar-refractivity contribution < 1.29 is 30.6 Å². The normalized spacial score (nSPS) is 10.8. The summed E-state index contributed by atoms with van der Waals surface area (Å²) in [6.45, 7) is 7.30. The molecule has 0 spiro atoms. The van der Waals surface area contributed by atoms with Crippen LogP contribution in [0.15, 0.2) is 4.79 Å². The van der Waals surface area contributed by atoms with Crippen LogP contribution in [-0.2, 0) is 30.6 Å². The molecule has 0 radical (unpaired) electrons. The van der Waals surface area contributed by atoms with E-state index in [-0.39, 0.29) is 42.4 Å². The van der Waals surface area contributed by atoms with E-state index >= 15 is 0 Å². The van der Waals surface area contributed by atoms with Crippen molar-refractivity contribution in [1.29, 1.82) is 0 Å². The summed E-state index contributed by atoms with van der Waals surface area (Å²) in [5, 5.41) is 0. The van der Waals surface area contributed by atoms with Crippen molar-refractivity contribution in [2.45, 2.75) is 6.92 Å². The molecule has 0 fully saturated rings. The first-order valence-corrected chi connectivity index (χ1v) is 4.45. The second-order valence-electron chi connectivity index (χ2n) is 2.18. The minimum Gasteiger partial charge on any atom is -0.478 e. The van der Waals surface area contributed by atoms with Crippen LogP contribution < -0.4 is 14.8 Å². The van der Waals surface area contributed by atoms with Gasteiger partial charge < -0.3 is 16.3 Å². The molecule has 0 amide bonds. The number of carbonyl (C=O) groups is 1. The molecule has 76 valence electrons. The van der Waals surface area contributed by atoms with Crippen molar-refractivity contribution in [3.05, 3.63) is 19.5 Å². The number of aromatic amines is 1. The topological polar surface area (TPSA) is 59.2 Å². The number of hydrogen-bond donors (Lipinski definition) is 1. The zero-order valence-electron chi connectivity index (χ0n) is 7.40. The molecule has 1 N–H and O–H groups in total. The van der Waals surface area contributed by atoms with Crippen LogP contribution in [0.3, 0.4) is 0 Å². The van der Waals surface area contributed by atoms with Crippen molar-refractivity contribution in [2.24, 2.45) is 0 Å². The van der Waals surface area contributed by atoms with Crippen molar-refractivity contribution in [2.75, 3.05) is 6.61 Å². The molecule has 0 saturated heterocycles. The van der Waals surface area contributed by atoms with Crippen molar-refractivity contribution in [3.8, 4) is 0 Å². The predicted octanol–water partition coefficient (Wildman–Crippen LogP) is -0.935. The maximum Gasteiger partial charge on any atom is 0.332 e. The minimum atomic E-state index is -0.533. The van der Waals surface area contributed by atoms with Crippen LogP contribution >= 0.6 is 11.3 Å². The summed E-state index contributed by atoms with van der Waals surface area (Å²) in [6, 6.07) is 0. The van der Waals surface area contributed by atoms with Gasteiger partial charge >= 0.3 is 5.97 Å². The minimum absolute atomic E-state index is 0. The molecule has 0 saturated carbocycles. The Hall–Kier alpha value is -0.672. The second kappa shape index (κ2) is 5.93. The third-order valence-corrected chi connectivity index (χ3v) is 2.06. The Morgan fingerprint density at radius 2 is 2.36 bits per heavy atom. The number of H-pyrrole nitrogens is 1. The summed E-state index contributed by atoms with van der Waals surface area (Å²) in [4.78, 5) is 24.3. The van der Waals surface area contributed by atoms with E-state index in [4.69, 9.17) is 6.58 Å². The predicted molar refractivity (Wildman–Crippen MR) is 49.8 cm³/mol. The number of ether oxygens (including phenoxy) is 1. The fraction of sp³-hybridized carbons (Fsp3) is 0.250. The first kappa shape index (κ1) is 13.3. The molecule has 0 unspecified atom stereocenters. The number of carbonyl (C=O) groups excluding carboxylic acids is 1. The maximum absolute atomic E-state index is 11.0. The van der Waals surface area contributed by atoms with Crippen LogP contribution in [0.4, 0.5) is 0 Å². The molecule has 0 aliphatic carbocycles. The largest absolute Gasteiger partial charge is 0.478 e. The van der Waals surface area contributed by atoms with Crippen molar-refractivity contribution >= 4 is 30.0 Å². The van der Waals surface area contributed by atoms with Gasteiger partial charge in [-0.05, 0) is 6.92 Å². The van der Waals surface area contributed by atoms with E-state index < -0.39 is 5.97 Å². The first-order chi connectivity index (χ1) is 6.13. The van der Waals surface area contributed by atoms with Crippen molar-refractivity contribution in [3.63, 3.8) is 0 Å². The van der Waals surface area contributed by atoms with Gasteiger partial charge in [0, 0.05) is 27.1 Å². The van der Waals surface area contributed by atoms with Gasteiger partial charge in [0.2, 0.25) is 0 Å². The summed E-state index contributed by atoms with van der Waals surface area (Å²) in [5.74, 6) is -0.533. The van der Waals surface area contributed by atoms with Gasteiger partial charge in [-0.2, -0.15) is 11.3 Å². The van der Waals surface area contributed by atoms with Gasteiger partial charge in [0.05, 0.1) is 11.1 Å². The Morgan fingerprint density at radius 1 is 1.71 bits per heavy atom. The zero-order chi connectivity index (χ0) is 9.84. The van der Waals surface area contributed by atoms with Crippen LogP contribution in [0.25, 0.3) is 12.7 Å². The number of hydrogen-bond acceptors (Lipinski definition) is 4. The molecule has 1 aromatic heterocycles. The quantitative estimate of drug-likeness (QED) is 0.531. The molecule has 0 bridgehead atoms. The number of esters is 1. The number of rotatable bonds is 2. The first-order valence-electron chi connectivity index (χ1n) is 3.63. The summed E-state index contributed by atoms with van der Waals surface area (Å²) < 4.78 is 5.17. The van der Waals surface area contributed by atoms with Gasteiger partial charge in [-0.15, -0.1) is 0 Å². The molecule has 6 heteroatoms. The van der Waals surface area contributed by atoms with Crippen LogP contribution in [-0.4, -0.2) is 17.6 Å². The molecule has 4 nitrogen and oxygen atoms in total. The standard InChI is InChI=1S/C8H8NO3S.W/c1-3-12-7(10)4-6-8(11)9-5(2)13-6;/h2,4H,3H2,1H3,(H,9,11);/q-1;/b6-4-;. The fourth-order valence-electron chi connectivity index (χ4n) is 0.750. The smallest absolute Gasteiger partial charge is 0.332 e. The molecule has 0 aromatic carbocycles. The Morgan fingerprint density at radius 3 is 2.79 bits per heavy atom. The Labute approximate surface area is 98.6 Å². The van der Waals surface area contributed by atoms with E-state index in [1.54, 1.807) is 6.92 Å². The molecular formula is C8H8NO3SW-. The Balaban J connectivity index is 0.00000169. The van der Waals surface area contributed by atoms with Gasteiger partial charge in [0.25, 0.3) is 5.56 Å². The third kappa shape index (κ3) is 3.60. The maximum atomic E-state index is 11.0. The monoisotopic (exact) mass is 382 g/mol. The molecule has 14 heavy (non-hydrogen) atoms. The molecular weight excluding hydrogens is 374 g/mol. The van der Waals surface area contributed by atoms with Crippen LogP contribution in [0.2, 0.25) is 0 Å². The summed E-state index contributed by atoms with van der Waals surface area (Å²) in [5.41, 5.74) is -0.365. The number of aromatic nitrogens is 1. The SMILES string of the molecule is [CH-]=c1[nH]c(=O)/c(=C/C(=O)OCC)s1.[W]. The zero-order valence-corrected chi connectivity index (χ0v) is 11.2.